The molecule has 0 aliphatic rings. The van der Waals surface area contributed by atoms with Crippen molar-refractivity contribution in [3.63, 3.8) is 0 Å². The Balaban J connectivity index is 1.98. The third kappa shape index (κ3) is 2.75. The summed E-state index contributed by atoms with van der Waals surface area (Å²) in [6.45, 7) is 2.73. The highest BCUT2D eigenvalue weighted by Gasteiger charge is 2.14. The molecule has 2 aromatic heterocycles. The fourth-order valence-corrected chi connectivity index (χ4v) is 3.14. The fraction of sp³-hybridized carbons (Fsp3) is 0.214. The quantitative estimate of drug-likeness (QED) is 0.716. The van der Waals surface area contributed by atoms with Gasteiger partial charge in [-0.2, -0.15) is 4.98 Å². The van der Waals surface area contributed by atoms with E-state index in [0.29, 0.717) is 11.1 Å². The maximum absolute atomic E-state index is 5.42. The summed E-state index contributed by atoms with van der Waals surface area (Å²) in [6.07, 6.45) is 0. The van der Waals surface area contributed by atoms with Crippen molar-refractivity contribution in [2.24, 2.45) is 0 Å². The maximum atomic E-state index is 5.42. The van der Waals surface area contributed by atoms with Gasteiger partial charge in [0.05, 0.1) is 12.8 Å². The van der Waals surface area contributed by atoms with Crippen molar-refractivity contribution in [3.8, 4) is 17.0 Å². The number of benzene rings is 1. The van der Waals surface area contributed by atoms with Crippen LogP contribution >= 0.6 is 23.6 Å². The standard InChI is InChI=1S/C14H15N5OS2/c1-3-15-13(21)16-12-17-14-19(18-12)10(8-22-14)9-6-4-5-7-11(9)20-2/h4-8H,3H2,1-2H3,(H2,15,16,18,21). The van der Waals surface area contributed by atoms with Crippen LogP contribution in [0, 0.1) is 0 Å². The van der Waals surface area contributed by atoms with Gasteiger partial charge in [0.2, 0.25) is 10.9 Å². The molecule has 0 saturated heterocycles. The molecule has 0 aliphatic heterocycles. The van der Waals surface area contributed by atoms with Crippen LogP contribution in [0.3, 0.4) is 0 Å². The van der Waals surface area contributed by atoms with E-state index in [1.807, 2.05) is 36.6 Å². The van der Waals surface area contributed by atoms with Gasteiger partial charge in [0.15, 0.2) is 5.11 Å². The summed E-state index contributed by atoms with van der Waals surface area (Å²) in [7, 11) is 1.66. The smallest absolute Gasteiger partial charge is 0.250 e. The van der Waals surface area contributed by atoms with Crippen LogP contribution in [-0.4, -0.2) is 33.4 Å². The highest BCUT2D eigenvalue weighted by molar-refractivity contribution is 7.80. The van der Waals surface area contributed by atoms with Gasteiger partial charge in [-0.3, -0.25) is 5.32 Å². The Labute approximate surface area is 137 Å². The Morgan fingerprint density at radius 2 is 2.23 bits per heavy atom. The number of hydrogen-bond acceptors (Lipinski definition) is 5. The number of methoxy groups -OCH3 is 1. The molecular weight excluding hydrogens is 318 g/mol. The predicted octanol–water partition coefficient (Wildman–Crippen LogP) is 2.77. The Bertz CT molecular complexity index is 811. The van der Waals surface area contributed by atoms with Crippen molar-refractivity contribution in [2.45, 2.75) is 6.92 Å². The first-order chi connectivity index (χ1) is 10.7. The van der Waals surface area contributed by atoms with Crippen LogP contribution in [0.1, 0.15) is 6.92 Å². The Morgan fingerprint density at radius 3 is 3.00 bits per heavy atom. The monoisotopic (exact) mass is 333 g/mol. The van der Waals surface area contributed by atoms with Crippen LogP contribution in [-0.2, 0) is 0 Å². The molecule has 114 valence electrons. The number of nitrogens with one attached hydrogen (secondary N) is 2. The molecule has 0 radical (unpaired) electrons. The number of fused-ring (bicyclic) bond motifs is 1. The first kappa shape index (κ1) is 14.7. The Morgan fingerprint density at radius 1 is 1.41 bits per heavy atom. The zero-order valence-electron chi connectivity index (χ0n) is 12.2. The summed E-state index contributed by atoms with van der Waals surface area (Å²) in [6, 6.07) is 7.83. The molecule has 2 heterocycles. The molecule has 1 aromatic carbocycles. The molecule has 0 unspecified atom stereocenters. The normalized spacial score (nSPS) is 10.6. The Kier molecular flexibility index (Phi) is 4.21. The molecule has 0 bridgehead atoms. The average molecular weight is 333 g/mol. The van der Waals surface area contributed by atoms with Crippen LogP contribution < -0.4 is 15.4 Å². The van der Waals surface area contributed by atoms with E-state index in [1.165, 1.54) is 11.3 Å². The molecule has 8 heteroatoms. The number of nitrogens with zero attached hydrogens (tertiary/aromatic N) is 3. The van der Waals surface area contributed by atoms with Gasteiger partial charge in [-0.25, -0.2) is 4.52 Å². The maximum Gasteiger partial charge on any atom is 0.250 e. The average Bonchev–Trinajstić information content (AvgIpc) is 3.07. The van der Waals surface area contributed by atoms with E-state index in [2.05, 4.69) is 20.7 Å². The number of thiazole rings is 1. The summed E-state index contributed by atoms with van der Waals surface area (Å²) in [5.74, 6) is 1.28. The largest absolute Gasteiger partial charge is 0.496 e. The predicted molar refractivity (Wildman–Crippen MR) is 92.7 cm³/mol. The number of rotatable bonds is 4. The summed E-state index contributed by atoms with van der Waals surface area (Å²) in [5, 5.41) is 13.0. The van der Waals surface area contributed by atoms with Gasteiger partial charge in [-0.05, 0) is 31.3 Å². The van der Waals surface area contributed by atoms with Gasteiger partial charge in [0.25, 0.3) is 0 Å². The van der Waals surface area contributed by atoms with Gasteiger partial charge >= 0.3 is 0 Å². The van der Waals surface area contributed by atoms with Gasteiger partial charge < -0.3 is 10.1 Å². The first-order valence-corrected chi connectivity index (χ1v) is 8.04. The van der Waals surface area contributed by atoms with Gasteiger partial charge in [-0.15, -0.1) is 16.4 Å². The van der Waals surface area contributed by atoms with Gasteiger partial charge in [0.1, 0.15) is 5.75 Å². The van der Waals surface area contributed by atoms with Crippen LogP contribution in [0.15, 0.2) is 29.6 Å². The number of para-hydroxylation sites is 1. The zero-order valence-corrected chi connectivity index (χ0v) is 13.8. The highest BCUT2D eigenvalue weighted by Crippen LogP contribution is 2.32. The van der Waals surface area contributed by atoms with E-state index in [0.717, 1.165) is 28.5 Å². The molecule has 0 aliphatic carbocycles. The number of aromatic nitrogens is 3. The van der Waals surface area contributed by atoms with Crippen LogP contribution in [0.5, 0.6) is 5.75 Å². The van der Waals surface area contributed by atoms with Crippen molar-refractivity contribution in [3.05, 3.63) is 29.6 Å². The third-order valence-corrected chi connectivity index (χ3v) is 4.09. The number of thiocarbonyl (C=S) groups is 1. The molecule has 0 saturated carbocycles. The minimum absolute atomic E-state index is 0.481. The van der Waals surface area contributed by atoms with Crippen molar-refractivity contribution >= 4 is 39.6 Å². The second kappa shape index (κ2) is 6.29. The lowest BCUT2D eigenvalue weighted by molar-refractivity contribution is 0.416. The molecule has 6 nitrogen and oxygen atoms in total. The second-order valence-corrected chi connectivity index (χ2v) is 5.68. The van der Waals surface area contributed by atoms with Crippen molar-refractivity contribution in [2.75, 3.05) is 19.0 Å². The summed E-state index contributed by atoms with van der Waals surface area (Å²) >= 11 is 6.67. The summed E-state index contributed by atoms with van der Waals surface area (Å²) in [4.78, 5) is 5.22. The lowest BCUT2D eigenvalue weighted by Crippen LogP contribution is -2.28. The fourth-order valence-electron chi connectivity index (χ4n) is 2.08. The molecule has 0 spiro atoms. The van der Waals surface area contributed by atoms with Crippen LogP contribution in [0.4, 0.5) is 5.95 Å². The molecule has 22 heavy (non-hydrogen) atoms. The number of ether oxygens (including phenoxy) is 1. The molecule has 0 fully saturated rings. The van der Waals surface area contributed by atoms with Crippen LogP contribution in [0.2, 0.25) is 0 Å². The summed E-state index contributed by atoms with van der Waals surface area (Å²) in [5.41, 5.74) is 1.91. The molecular formula is C14H15N5OS2. The van der Waals surface area contributed by atoms with Crippen LogP contribution in [0.25, 0.3) is 16.2 Å². The molecule has 2 N–H and O–H groups in total. The molecule has 3 aromatic rings. The van der Waals surface area contributed by atoms with Crippen molar-refractivity contribution in [1.29, 1.82) is 0 Å². The Hall–Kier alpha value is -2.19. The van der Waals surface area contributed by atoms with Gasteiger partial charge in [0, 0.05) is 17.5 Å². The number of hydrogen-bond donors (Lipinski definition) is 2. The lowest BCUT2D eigenvalue weighted by Gasteiger charge is -2.06. The lowest BCUT2D eigenvalue weighted by atomic mass is 10.1. The van der Waals surface area contributed by atoms with E-state index in [-0.39, 0.29) is 0 Å². The first-order valence-electron chi connectivity index (χ1n) is 6.75. The van der Waals surface area contributed by atoms with E-state index >= 15 is 0 Å². The third-order valence-electron chi connectivity index (χ3n) is 3.03. The minimum atomic E-state index is 0.481. The number of anilines is 1. The summed E-state index contributed by atoms with van der Waals surface area (Å²) < 4.78 is 7.21. The SMILES string of the molecule is CCNC(=S)Nc1nc2scc(-c3ccccc3OC)n2n1. The zero-order chi connectivity index (χ0) is 15.5. The molecule has 0 atom stereocenters. The van der Waals surface area contributed by atoms with E-state index in [9.17, 15) is 0 Å². The van der Waals surface area contributed by atoms with E-state index < -0.39 is 0 Å². The minimum Gasteiger partial charge on any atom is -0.496 e. The van der Waals surface area contributed by atoms with E-state index in [4.69, 9.17) is 17.0 Å². The van der Waals surface area contributed by atoms with Crippen molar-refractivity contribution in [1.82, 2.24) is 19.9 Å². The highest BCUT2D eigenvalue weighted by atomic mass is 32.1. The molecule has 3 rings (SSSR count). The molecule has 0 amide bonds. The van der Waals surface area contributed by atoms with Crippen molar-refractivity contribution < 1.29 is 4.74 Å². The second-order valence-electron chi connectivity index (χ2n) is 4.44. The van der Waals surface area contributed by atoms with E-state index in [1.54, 1.807) is 11.6 Å². The topological polar surface area (TPSA) is 63.5 Å². The van der Waals surface area contributed by atoms with Gasteiger partial charge in [-0.1, -0.05) is 12.1 Å².